The van der Waals surface area contributed by atoms with Crippen LogP contribution in [0.3, 0.4) is 0 Å². The molecule has 1 N–H and O–H groups in total. The van der Waals surface area contributed by atoms with Gasteiger partial charge in [0.15, 0.2) is 11.5 Å². The molecule has 1 aliphatic rings. The maximum Gasteiger partial charge on any atom is 0.324 e. The number of nitrogens with zero attached hydrogens (tertiary/aromatic N) is 1. The van der Waals surface area contributed by atoms with Crippen molar-refractivity contribution < 1.29 is 36.6 Å². The Morgan fingerprint density at radius 1 is 1.08 bits per heavy atom. The van der Waals surface area contributed by atoms with Crippen LogP contribution >= 0.6 is 0 Å². The first kappa shape index (κ1) is 17.9. The van der Waals surface area contributed by atoms with Gasteiger partial charge in [0, 0.05) is 12.1 Å². The summed E-state index contributed by atoms with van der Waals surface area (Å²) in [4.78, 5) is 10.8. The summed E-state index contributed by atoms with van der Waals surface area (Å²) >= 11 is 0. The molecule has 1 aliphatic heterocycles. The van der Waals surface area contributed by atoms with Crippen molar-refractivity contribution >= 4 is 21.7 Å². The molecule has 0 atom stereocenters. The average Bonchev–Trinajstić information content (AvgIpc) is 2.59. The third kappa shape index (κ3) is 3.40. The van der Waals surface area contributed by atoms with E-state index >= 15 is 0 Å². The first-order valence-corrected chi connectivity index (χ1v) is 8.82. The van der Waals surface area contributed by atoms with Crippen molar-refractivity contribution in [2.24, 2.45) is 0 Å². The molecule has 0 unspecified atom stereocenters. The number of fused-ring (bicyclic) bond motifs is 1. The summed E-state index contributed by atoms with van der Waals surface area (Å²) in [6.45, 7) is -0.508. The van der Waals surface area contributed by atoms with E-state index in [4.69, 9.17) is 14.6 Å². The summed E-state index contributed by atoms with van der Waals surface area (Å²) in [6.07, 6.45) is 0. The third-order valence-corrected chi connectivity index (χ3v) is 5.31. The molecule has 0 fully saturated rings. The Labute approximate surface area is 147 Å². The van der Waals surface area contributed by atoms with Gasteiger partial charge in [0.05, 0.1) is 10.6 Å². The number of hydrogen-bond donors (Lipinski definition) is 1. The second kappa shape index (κ2) is 6.79. The predicted octanol–water partition coefficient (Wildman–Crippen LogP) is 2.02. The van der Waals surface area contributed by atoms with Crippen LogP contribution in [0.4, 0.5) is 14.5 Å². The zero-order valence-corrected chi connectivity index (χ0v) is 14.0. The van der Waals surface area contributed by atoms with Gasteiger partial charge in [-0.15, -0.1) is 0 Å². The second-order valence-electron chi connectivity index (χ2n) is 5.31. The Morgan fingerprint density at radius 3 is 2.42 bits per heavy atom. The van der Waals surface area contributed by atoms with E-state index in [0.29, 0.717) is 22.7 Å². The summed E-state index contributed by atoms with van der Waals surface area (Å²) in [5, 5.41) is 9.05. The lowest BCUT2D eigenvalue weighted by Crippen LogP contribution is -2.36. The number of carboxylic acids is 1. The SMILES string of the molecule is O=C(O)CN(c1ccc(F)cc1F)S(=O)(=O)c1ccc2c(c1)OCCO2. The van der Waals surface area contributed by atoms with E-state index in [1.54, 1.807) is 0 Å². The van der Waals surface area contributed by atoms with E-state index in [-0.39, 0.29) is 17.3 Å². The molecule has 0 bridgehead atoms. The number of sulfonamides is 1. The van der Waals surface area contributed by atoms with Gasteiger partial charge in [-0.25, -0.2) is 17.2 Å². The molecule has 138 valence electrons. The lowest BCUT2D eigenvalue weighted by Gasteiger charge is -2.24. The fraction of sp³-hybridized carbons (Fsp3) is 0.188. The highest BCUT2D eigenvalue weighted by Crippen LogP contribution is 2.34. The molecule has 0 aromatic heterocycles. The maximum atomic E-state index is 14.1. The summed E-state index contributed by atoms with van der Waals surface area (Å²) in [5.41, 5.74) is -0.580. The minimum atomic E-state index is -4.46. The smallest absolute Gasteiger partial charge is 0.324 e. The van der Waals surface area contributed by atoms with E-state index in [9.17, 15) is 22.0 Å². The molecular formula is C16H13F2NO6S. The van der Waals surface area contributed by atoms with Crippen molar-refractivity contribution in [2.75, 3.05) is 24.1 Å². The highest BCUT2D eigenvalue weighted by atomic mass is 32.2. The van der Waals surface area contributed by atoms with Gasteiger partial charge >= 0.3 is 5.97 Å². The molecule has 0 saturated heterocycles. The number of hydrogen-bond acceptors (Lipinski definition) is 5. The fourth-order valence-electron chi connectivity index (χ4n) is 2.42. The first-order valence-electron chi connectivity index (χ1n) is 7.38. The lowest BCUT2D eigenvalue weighted by molar-refractivity contribution is -0.135. The summed E-state index contributed by atoms with van der Waals surface area (Å²) in [7, 11) is -4.46. The van der Waals surface area contributed by atoms with Crippen molar-refractivity contribution in [3.8, 4) is 11.5 Å². The minimum Gasteiger partial charge on any atom is -0.486 e. The third-order valence-electron chi connectivity index (χ3n) is 3.56. The van der Waals surface area contributed by atoms with E-state index in [1.807, 2.05) is 0 Å². The van der Waals surface area contributed by atoms with Gasteiger partial charge < -0.3 is 14.6 Å². The molecule has 26 heavy (non-hydrogen) atoms. The van der Waals surface area contributed by atoms with Crippen molar-refractivity contribution in [1.29, 1.82) is 0 Å². The molecule has 7 nitrogen and oxygen atoms in total. The van der Waals surface area contributed by atoms with Crippen LogP contribution in [0, 0.1) is 11.6 Å². The van der Waals surface area contributed by atoms with Crippen molar-refractivity contribution in [2.45, 2.75) is 4.90 Å². The Balaban J connectivity index is 2.09. The van der Waals surface area contributed by atoms with Crippen LogP contribution < -0.4 is 13.8 Å². The van der Waals surface area contributed by atoms with Crippen LogP contribution in [0.2, 0.25) is 0 Å². The molecule has 0 aliphatic carbocycles. The monoisotopic (exact) mass is 385 g/mol. The molecule has 0 amide bonds. The molecule has 2 aromatic carbocycles. The van der Waals surface area contributed by atoms with Crippen LogP contribution in [0.1, 0.15) is 0 Å². The number of benzene rings is 2. The highest BCUT2D eigenvalue weighted by molar-refractivity contribution is 7.92. The summed E-state index contributed by atoms with van der Waals surface area (Å²) < 4.78 is 64.0. The number of carbonyl (C=O) groups is 1. The molecule has 10 heteroatoms. The van der Waals surface area contributed by atoms with Crippen LogP contribution in [0.25, 0.3) is 0 Å². The Bertz CT molecular complexity index is 963. The van der Waals surface area contributed by atoms with Crippen LogP contribution in [0.5, 0.6) is 11.5 Å². The lowest BCUT2D eigenvalue weighted by atomic mass is 10.3. The molecule has 0 radical (unpaired) electrons. The van der Waals surface area contributed by atoms with Gasteiger partial charge in [0.1, 0.15) is 31.4 Å². The number of aliphatic carboxylic acids is 1. The number of ether oxygens (including phenoxy) is 2. The quantitative estimate of drug-likeness (QED) is 0.847. The van der Waals surface area contributed by atoms with Crippen LogP contribution in [-0.2, 0) is 14.8 Å². The zero-order valence-electron chi connectivity index (χ0n) is 13.2. The largest absolute Gasteiger partial charge is 0.486 e. The molecule has 0 saturated carbocycles. The Hall–Kier alpha value is -2.88. The summed E-state index contributed by atoms with van der Waals surface area (Å²) in [5.74, 6) is -3.11. The van der Waals surface area contributed by atoms with Crippen LogP contribution in [-0.4, -0.2) is 39.3 Å². The number of rotatable bonds is 5. The van der Waals surface area contributed by atoms with Crippen LogP contribution in [0.15, 0.2) is 41.3 Å². The molecule has 1 heterocycles. The second-order valence-corrected chi connectivity index (χ2v) is 7.17. The minimum absolute atomic E-state index is 0.173. The standard InChI is InChI=1S/C16H13F2NO6S/c17-10-1-3-13(12(18)7-10)19(9-16(20)21)26(22,23)11-2-4-14-15(8-11)25-6-5-24-14/h1-4,7-8H,5-6,9H2,(H,20,21). The van der Waals surface area contributed by atoms with E-state index < -0.39 is 39.9 Å². The molecule has 2 aromatic rings. The predicted molar refractivity (Wildman–Crippen MR) is 86.0 cm³/mol. The van der Waals surface area contributed by atoms with E-state index in [2.05, 4.69) is 0 Å². The van der Waals surface area contributed by atoms with Gasteiger partial charge in [0.25, 0.3) is 10.0 Å². The highest BCUT2D eigenvalue weighted by Gasteiger charge is 2.30. The van der Waals surface area contributed by atoms with Gasteiger partial charge in [0.2, 0.25) is 0 Å². The molecular weight excluding hydrogens is 372 g/mol. The first-order chi connectivity index (χ1) is 12.3. The molecule has 0 spiro atoms. The van der Waals surface area contributed by atoms with Gasteiger partial charge in [-0.3, -0.25) is 9.10 Å². The average molecular weight is 385 g/mol. The number of anilines is 1. The zero-order chi connectivity index (χ0) is 18.9. The van der Waals surface area contributed by atoms with E-state index in [1.165, 1.54) is 18.2 Å². The van der Waals surface area contributed by atoms with Gasteiger partial charge in [-0.05, 0) is 24.3 Å². The Morgan fingerprint density at radius 2 is 1.77 bits per heavy atom. The topological polar surface area (TPSA) is 93.1 Å². The molecule has 3 rings (SSSR count). The fourth-order valence-corrected chi connectivity index (χ4v) is 3.86. The van der Waals surface area contributed by atoms with Crippen molar-refractivity contribution in [3.05, 3.63) is 48.0 Å². The van der Waals surface area contributed by atoms with E-state index in [0.717, 1.165) is 12.1 Å². The number of halogens is 2. The normalized spacial score (nSPS) is 13.3. The van der Waals surface area contributed by atoms with Crippen molar-refractivity contribution in [1.82, 2.24) is 0 Å². The summed E-state index contributed by atoms with van der Waals surface area (Å²) in [6, 6.07) is 5.90. The maximum absolute atomic E-state index is 14.1. The van der Waals surface area contributed by atoms with Crippen molar-refractivity contribution in [3.63, 3.8) is 0 Å². The van der Waals surface area contributed by atoms with Gasteiger partial charge in [-0.1, -0.05) is 0 Å². The Kier molecular flexibility index (Phi) is 4.68. The van der Waals surface area contributed by atoms with Gasteiger partial charge in [-0.2, -0.15) is 0 Å². The number of carboxylic acid groups (broad SMARTS) is 1.